The lowest BCUT2D eigenvalue weighted by atomic mass is 10.0. The second kappa shape index (κ2) is 7.36. The zero-order valence-corrected chi connectivity index (χ0v) is 13.3. The molecule has 2 heterocycles. The van der Waals surface area contributed by atoms with Crippen molar-refractivity contribution in [3.63, 3.8) is 0 Å². The van der Waals surface area contributed by atoms with Crippen molar-refractivity contribution in [1.29, 1.82) is 0 Å². The van der Waals surface area contributed by atoms with Gasteiger partial charge in [0.2, 0.25) is 0 Å². The number of thiazole rings is 1. The van der Waals surface area contributed by atoms with Crippen LogP contribution in [0.15, 0.2) is 5.38 Å². The number of nitrogens with one attached hydrogen (secondary N) is 1. The Balaban J connectivity index is 1.77. The van der Waals surface area contributed by atoms with Gasteiger partial charge in [0.05, 0.1) is 5.69 Å². The lowest BCUT2D eigenvalue weighted by Gasteiger charge is -2.14. The standard InChI is InChI=1S/C15H27N3S/c1-4-5-13-6-7-18(9-13)10-14-11-19-15(17-14)8-16-12(2)3/h11-13,16H,4-10H2,1-3H3. The Kier molecular flexibility index (Phi) is 5.79. The van der Waals surface area contributed by atoms with Crippen molar-refractivity contribution in [3.05, 3.63) is 16.1 Å². The molecule has 0 aliphatic carbocycles. The summed E-state index contributed by atoms with van der Waals surface area (Å²) in [5.74, 6) is 0.922. The molecule has 3 nitrogen and oxygen atoms in total. The predicted molar refractivity (Wildman–Crippen MR) is 82.4 cm³/mol. The molecule has 4 heteroatoms. The van der Waals surface area contributed by atoms with E-state index in [9.17, 15) is 0 Å². The highest BCUT2D eigenvalue weighted by Gasteiger charge is 2.22. The van der Waals surface area contributed by atoms with Gasteiger partial charge in [0.25, 0.3) is 0 Å². The Morgan fingerprint density at radius 2 is 2.37 bits per heavy atom. The summed E-state index contributed by atoms with van der Waals surface area (Å²) in [6.07, 6.45) is 4.08. The highest BCUT2D eigenvalue weighted by atomic mass is 32.1. The van der Waals surface area contributed by atoms with Gasteiger partial charge in [0, 0.05) is 31.1 Å². The first-order chi connectivity index (χ1) is 9.17. The van der Waals surface area contributed by atoms with Gasteiger partial charge in [0.15, 0.2) is 0 Å². The van der Waals surface area contributed by atoms with Crippen molar-refractivity contribution in [3.8, 4) is 0 Å². The van der Waals surface area contributed by atoms with E-state index in [0.717, 1.165) is 19.0 Å². The Morgan fingerprint density at radius 1 is 1.53 bits per heavy atom. The van der Waals surface area contributed by atoms with E-state index in [2.05, 4.69) is 36.4 Å². The zero-order chi connectivity index (χ0) is 13.7. The van der Waals surface area contributed by atoms with E-state index in [1.165, 1.54) is 43.1 Å². The van der Waals surface area contributed by atoms with Crippen LogP contribution in [0.1, 0.15) is 50.7 Å². The molecule has 0 bridgehead atoms. The summed E-state index contributed by atoms with van der Waals surface area (Å²) in [7, 11) is 0. The van der Waals surface area contributed by atoms with Crippen molar-refractivity contribution in [1.82, 2.24) is 15.2 Å². The number of hydrogen-bond acceptors (Lipinski definition) is 4. The number of rotatable bonds is 7. The molecule has 0 saturated carbocycles. The van der Waals surface area contributed by atoms with E-state index in [0.29, 0.717) is 6.04 Å². The Hall–Kier alpha value is -0.450. The molecule has 19 heavy (non-hydrogen) atoms. The van der Waals surface area contributed by atoms with E-state index < -0.39 is 0 Å². The maximum Gasteiger partial charge on any atom is 0.107 e. The summed E-state index contributed by atoms with van der Waals surface area (Å²) in [4.78, 5) is 7.30. The minimum atomic E-state index is 0.528. The first-order valence-electron chi connectivity index (χ1n) is 7.56. The van der Waals surface area contributed by atoms with Crippen molar-refractivity contribution in [2.24, 2.45) is 5.92 Å². The van der Waals surface area contributed by atoms with Gasteiger partial charge in [0.1, 0.15) is 5.01 Å². The molecular weight excluding hydrogens is 254 g/mol. The van der Waals surface area contributed by atoms with Crippen LogP contribution >= 0.6 is 11.3 Å². The first kappa shape index (κ1) is 14.9. The summed E-state index contributed by atoms with van der Waals surface area (Å²) in [6.45, 7) is 11.1. The largest absolute Gasteiger partial charge is 0.308 e. The number of nitrogens with zero attached hydrogens (tertiary/aromatic N) is 2. The molecule has 1 aliphatic heterocycles. The summed E-state index contributed by atoms with van der Waals surface area (Å²) < 4.78 is 0. The molecule has 2 rings (SSSR count). The molecule has 1 atom stereocenters. The first-order valence-corrected chi connectivity index (χ1v) is 8.44. The topological polar surface area (TPSA) is 28.2 Å². The van der Waals surface area contributed by atoms with Crippen LogP contribution in [-0.2, 0) is 13.1 Å². The highest BCUT2D eigenvalue weighted by Crippen LogP contribution is 2.22. The van der Waals surface area contributed by atoms with Crippen LogP contribution in [0.5, 0.6) is 0 Å². The van der Waals surface area contributed by atoms with Gasteiger partial charge in [-0.15, -0.1) is 11.3 Å². The van der Waals surface area contributed by atoms with Crippen LogP contribution in [0.4, 0.5) is 0 Å². The van der Waals surface area contributed by atoms with Gasteiger partial charge >= 0.3 is 0 Å². The third-order valence-electron chi connectivity index (χ3n) is 3.71. The molecule has 1 unspecified atom stereocenters. The normalized spacial score (nSPS) is 20.5. The molecule has 0 spiro atoms. The van der Waals surface area contributed by atoms with Crippen molar-refractivity contribution >= 4 is 11.3 Å². The van der Waals surface area contributed by atoms with E-state index in [1.54, 1.807) is 11.3 Å². The van der Waals surface area contributed by atoms with Gasteiger partial charge in [-0.2, -0.15) is 0 Å². The van der Waals surface area contributed by atoms with Crippen LogP contribution < -0.4 is 5.32 Å². The minimum Gasteiger partial charge on any atom is -0.308 e. The average molecular weight is 281 g/mol. The SMILES string of the molecule is CCCC1CCN(Cc2csc(CNC(C)C)n2)C1. The third kappa shape index (κ3) is 4.86. The van der Waals surface area contributed by atoms with Gasteiger partial charge < -0.3 is 5.32 Å². The fourth-order valence-electron chi connectivity index (χ4n) is 2.72. The van der Waals surface area contributed by atoms with Crippen molar-refractivity contribution in [2.75, 3.05) is 13.1 Å². The predicted octanol–water partition coefficient (Wildman–Crippen LogP) is 3.26. The van der Waals surface area contributed by atoms with Crippen LogP contribution in [0.25, 0.3) is 0 Å². The molecule has 0 radical (unpaired) electrons. The fraction of sp³-hybridized carbons (Fsp3) is 0.800. The maximum atomic E-state index is 4.73. The second-order valence-electron chi connectivity index (χ2n) is 5.95. The van der Waals surface area contributed by atoms with E-state index in [-0.39, 0.29) is 0 Å². The van der Waals surface area contributed by atoms with E-state index >= 15 is 0 Å². The van der Waals surface area contributed by atoms with Gasteiger partial charge in [-0.3, -0.25) is 4.90 Å². The fourth-order valence-corrected chi connectivity index (χ4v) is 3.46. The Morgan fingerprint density at radius 3 is 3.11 bits per heavy atom. The summed E-state index contributed by atoms with van der Waals surface area (Å²) in [6, 6.07) is 0.528. The Bertz CT molecular complexity index is 375. The van der Waals surface area contributed by atoms with Gasteiger partial charge in [-0.25, -0.2) is 4.98 Å². The van der Waals surface area contributed by atoms with Crippen LogP contribution in [0.2, 0.25) is 0 Å². The van der Waals surface area contributed by atoms with Gasteiger partial charge in [-0.1, -0.05) is 27.2 Å². The van der Waals surface area contributed by atoms with E-state index in [1.807, 2.05) is 0 Å². The zero-order valence-electron chi connectivity index (χ0n) is 12.5. The minimum absolute atomic E-state index is 0.528. The average Bonchev–Trinajstić information content (AvgIpc) is 2.98. The molecule has 1 fully saturated rings. The maximum absolute atomic E-state index is 4.73. The summed E-state index contributed by atoms with van der Waals surface area (Å²) in [5.41, 5.74) is 1.25. The molecular formula is C15H27N3S. The molecule has 108 valence electrons. The number of hydrogen-bond donors (Lipinski definition) is 1. The van der Waals surface area contributed by atoms with Gasteiger partial charge in [-0.05, 0) is 25.3 Å². The molecule has 0 amide bonds. The summed E-state index contributed by atoms with van der Waals surface area (Å²) >= 11 is 1.79. The molecule has 0 aromatic carbocycles. The monoisotopic (exact) mass is 281 g/mol. The molecule has 1 aromatic rings. The third-order valence-corrected chi connectivity index (χ3v) is 4.61. The summed E-state index contributed by atoms with van der Waals surface area (Å²) in [5, 5.41) is 6.87. The second-order valence-corrected chi connectivity index (χ2v) is 6.89. The Labute approximate surface area is 121 Å². The lowest BCUT2D eigenvalue weighted by molar-refractivity contribution is 0.309. The quantitative estimate of drug-likeness (QED) is 0.831. The molecule has 1 aromatic heterocycles. The van der Waals surface area contributed by atoms with Crippen molar-refractivity contribution in [2.45, 2.75) is 59.2 Å². The molecule has 1 aliphatic rings. The molecule has 1 N–H and O–H groups in total. The lowest BCUT2D eigenvalue weighted by Crippen LogP contribution is -2.22. The van der Waals surface area contributed by atoms with Crippen molar-refractivity contribution < 1.29 is 0 Å². The number of aromatic nitrogens is 1. The van der Waals surface area contributed by atoms with Crippen LogP contribution in [-0.4, -0.2) is 29.0 Å². The van der Waals surface area contributed by atoms with E-state index in [4.69, 9.17) is 4.98 Å². The van der Waals surface area contributed by atoms with Crippen LogP contribution in [0, 0.1) is 5.92 Å². The number of likely N-dealkylation sites (tertiary alicyclic amines) is 1. The molecule has 1 saturated heterocycles. The van der Waals surface area contributed by atoms with Crippen LogP contribution in [0.3, 0.4) is 0 Å². The highest BCUT2D eigenvalue weighted by molar-refractivity contribution is 7.09. The smallest absolute Gasteiger partial charge is 0.107 e.